The van der Waals surface area contributed by atoms with Crippen LogP contribution in [0.4, 0.5) is 0 Å². The molecule has 4 heteroatoms. The van der Waals surface area contributed by atoms with E-state index in [1.54, 1.807) is 12.3 Å². The molecule has 1 aromatic rings. The van der Waals surface area contributed by atoms with Crippen molar-refractivity contribution >= 4 is 22.1 Å². The molecule has 0 amide bonds. The molecule has 0 saturated heterocycles. The van der Waals surface area contributed by atoms with E-state index < -0.39 is 5.60 Å². The number of phenols is 1. The molecule has 4 aliphatic carbocycles. The summed E-state index contributed by atoms with van der Waals surface area (Å²) in [6.45, 7) is 5.41. The summed E-state index contributed by atoms with van der Waals surface area (Å²) in [5.74, 6) is 3.44. The highest BCUT2D eigenvalue weighted by Gasteiger charge is 2.64. The maximum Gasteiger partial charge on any atom is 0.124 e. The molecule has 0 aliphatic heterocycles. The van der Waals surface area contributed by atoms with Crippen LogP contribution < -0.4 is 0 Å². The van der Waals surface area contributed by atoms with Crippen LogP contribution in [0.25, 0.3) is 0 Å². The molecular formula is C27H38BrNO2. The molecule has 0 radical (unpaired) electrons. The molecule has 170 valence electrons. The number of aliphatic imine (C=N–C) groups is 1. The Morgan fingerprint density at radius 1 is 1.03 bits per heavy atom. The maximum absolute atomic E-state index is 11.8. The normalized spacial score (nSPS) is 44.6. The smallest absolute Gasteiger partial charge is 0.124 e. The van der Waals surface area contributed by atoms with E-state index in [1.165, 1.54) is 44.9 Å². The van der Waals surface area contributed by atoms with Gasteiger partial charge in [-0.3, -0.25) is 4.99 Å². The first-order valence-electron chi connectivity index (χ1n) is 12.5. The average molecular weight is 489 g/mol. The van der Waals surface area contributed by atoms with Crippen molar-refractivity contribution in [3.8, 4) is 5.75 Å². The monoisotopic (exact) mass is 487 g/mol. The van der Waals surface area contributed by atoms with Crippen LogP contribution in [-0.2, 0) is 0 Å². The van der Waals surface area contributed by atoms with E-state index in [0.29, 0.717) is 23.4 Å². The third kappa shape index (κ3) is 3.42. The van der Waals surface area contributed by atoms with Gasteiger partial charge in [0.25, 0.3) is 0 Å². The average Bonchev–Trinajstić information content (AvgIpc) is 3.01. The van der Waals surface area contributed by atoms with Crippen molar-refractivity contribution in [2.45, 2.75) is 83.7 Å². The van der Waals surface area contributed by atoms with Crippen molar-refractivity contribution in [3.63, 3.8) is 0 Å². The van der Waals surface area contributed by atoms with Crippen LogP contribution in [0.3, 0.4) is 0 Å². The van der Waals surface area contributed by atoms with Gasteiger partial charge >= 0.3 is 0 Å². The van der Waals surface area contributed by atoms with E-state index in [1.807, 2.05) is 12.1 Å². The number of rotatable bonds is 3. The molecule has 7 atom stereocenters. The second-order valence-electron chi connectivity index (χ2n) is 11.6. The van der Waals surface area contributed by atoms with Gasteiger partial charge in [-0.15, -0.1) is 0 Å². The molecular weight excluding hydrogens is 450 g/mol. The van der Waals surface area contributed by atoms with Gasteiger partial charge < -0.3 is 10.2 Å². The highest BCUT2D eigenvalue weighted by atomic mass is 79.9. The Morgan fingerprint density at radius 2 is 1.84 bits per heavy atom. The number of aliphatic hydroxyl groups is 1. The van der Waals surface area contributed by atoms with Crippen LogP contribution in [-0.4, -0.2) is 28.6 Å². The van der Waals surface area contributed by atoms with Gasteiger partial charge in [0.15, 0.2) is 0 Å². The minimum atomic E-state index is -0.731. The number of fused-ring (bicyclic) bond motifs is 5. The van der Waals surface area contributed by atoms with E-state index in [4.69, 9.17) is 0 Å². The number of halogens is 1. The van der Waals surface area contributed by atoms with Gasteiger partial charge in [-0.25, -0.2) is 0 Å². The molecule has 0 spiro atoms. The fourth-order valence-electron chi connectivity index (χ4n) is 8.59. The third-order valence-corrected chi connectivity index (χ3v) is 11.0. The van der Waals surface area contributed by atoms with Crippen LogP contribution in [0, 0.1) is 34.5 Å². The molecule has 5 rings (SSSR count). The largest absolute Gasteiger partial charge is 0.507 e. The lowest BCUT2D eigenvalue weighted by Gasteiger charge is -2.61. The zero-order valence-corrected chi connectivity index (χ0v) is 20.7. The minimum absolute atomic E-state index is 0.0390. The minimum Gasteiger partial charge on any atom is -0.507 e. The van der Waals surface area contributed by atoms with Gasteiger partial charge in [0.05, 0.1) is 12.1 Å². The van der Waals surface area contributed by atoms with E-state index in [0.717, 1.165) is 41.5 Å². The summed E-state index contributed by atoms with van der Waals surface area (Å²) in [4.78, 5) is 4.66. The predicted molar refractivity (Wildman–Crippen MR) is 130 cm³/mol. The number of nitrogens with zero attached hydrogens (tertiary/aromatic N) is 1. The van der Waals surface area contributed by atoms with Crippen LogP contribution in [0.5, 0.6) is 5.75 Å². The first kappa shape index (κ1) is 21.9. The SMILES string of the molecule is C[C@]12CCCCC1CCC1C2CC[C@@]2(C)C1CCC2(O)CN=Cc1cc(Br)ccc1O. The molecule has 31 heavy (non-hydrogen) atoms. The van der Waals surface area contributed by atoms with Crippen molar-refractivity contribution < 1.29 is 10.2 Å². The van der Waals surface area contributed by atoms with Crippen molar-refractivity contribution in [2.75, 3.05) is 6.54 Å². The Hall–Kier alpha value is -0.870. The van der Waals surface area contributed by atoms with Crippen molar-refractivity contribution in [2.24, 2.45) is 39.5 Å². The maximum atomic E-state index is 11.8. The standard InChI is InChI=1S/C27H38BrNO2/c1-25-12-4-3-5-19(25)6-8-21-22(25)10-13-26(2)23(21)11-14-27(26,31)17-29-16-18-15-20(28)7-9-24(18)30/h7,9,15-16,19,21-23,30-31H,3-6,8,10-14,17H2,1-2H3/t19?,21?,22?,23?,25-,26-,27?/m0/s1. The molecule has 0 heterocycles. The summed E-state index contributed by atoms with van der Waals surface area (Å²) in [5.41, 5.74) is 0.470. The van der Waals surface area contributed by atoms with Gasteiger partial charge in [-0.2, -0.15) is 0 Å². The molecule has 1 aromatic carbocycles. The Morgan fingerprint density at radius 3 is 2.68 bits per heavy atom. The van der Waals surface area contributed by atoms with Crippen LogP contribution in [0.1, 0.15) is 83.6 Å². The first-order valence-corrected chi connectivity index (χ1v) is 13.3. The van der Waals surface area contributed by atoms with Gasteiger partial charge in [0, 0.05) is 21.7 Å². The van der Waals surface area contributed by atoms with Crippen molar-refractivity contribution in [1.29, 1.82) is 0 Å². The quantitative estimate of drug-likeness (QED) is 0.463. The fraction of sp³-hybridized carbons (Fsp3) is 0.741. The number of hydrogen-bond donors (Lipinski definition) is 2. The Balaban J connectivity index is 1.35. The molecule has 4 aliphatic rings. The zero-order chi connectivity index (χ0) is 21.9. The summed E-state index contributed by atoms with van der Waals surface area (Å²) in [6, 6.07) is 5.37. The molecule has 5 unspecified atom stereocenters. The molecule has 4 saturated carbocycles. The summed E-state index contributed by atoms with van der Waals surface area (Å²) in [6.07, 6.45) is 14.7. The van der Waals surface area contributed by atoms with E-state index in [9.17, 15) is 10.2 Å². The summed E-state index contributed by atoms with van der Waals surface area (Å²) < 4.78 is 0.920. The summed E-state index contributed by atoms with van der Waals surface area (Å²) in [5, 5.41) is 22.0. The number of benzene rings is 1. The third-order valence-electron chi connectivity index (χ3n) is 10.5. The number of aromatic hydroxyl groups is 1. The Bertz CT molecular complexity index is 871. The number of phenolic OH excluding ortho intramolecular Hbond substituents is 1. The van der Waals surface area contributed by atoms with Crippen molar-refractivity contribution in [1.82, 2.24) is 0 Å². The fourth-order valence-corrected chi connectivity index (χ4v) is 8.97. The van der Waals surface area contributed by atoms with Crippen molar-refractivity contribution in [3.05, 3.63) is 28.2 Å². The van der Waals surface area contributed by atoms with Gasteiger partial charge in [0.1, 0.15) is 5.75 Å². The topological polar surface area (TPSA) is 52.8 Å². The summed E-state index contributed by atoms with van der Waals surface area (Å²) >= 11 is 3.46. The zero-order valence-electron chi connectivity index (χ0n) is 19.1. The highest BCUT2D eigenvalue weighted by Crippen LogP contribution is 2.68. The first-order chi connectivity index (χ1) is 14.8. The second-order valence-corrected chi connectivity index (χ2v) is 12.5. The van der Waals surface area contributed by atoms with Crippen LogP contribution in [0.2, 0.25) is 0 Å². The van der Waals surface area contributed by atoms with Gasteiger partial charge in [-0.05, 0) is 98.7 Å². The summed E-state index contributed by atoms with van der Waals surface area (Å²) in [7, 11) is 0. The number of hydrogen-bond acceptors (Lipinski definition) is 3. The van der Waals surface area contributed by atoms with Crippen LogP contribution >= 0.6 is 15.9 Å². The van der Waals surface area contributed by atoms with E-state index in [-0.39, 0.29) is 11.2 Å². The second kappa shape index (κ2) is 7.87. The lowest BCUT2D eigenvalue weighted by atomic mass is 9.44. The highest BCUT2D eigenvalue weighted by molar-refractivity contribution is 9.10. The predicted octanol–water partition coefficient (Wildman–Crippen LogP) is 6.74. The molecule has 2 N–H and O–H groups in total. The molecule has 3 nitrogen and oxygen atoms in total. The molecule has 0 bridgehead atoms. The molecule has 4 fully saturated rings. The van der Waals surface area contributed by atoms with E-state index in [2.05, 4.69) is 34.8 Å². The lowest BCUT2D eigenvalue weighted by Crippen LogP contribution is -2.56. The van der Waals surface area contributed by atoms with Crippen LogP contribution in [0.15, 0.2) is 27.7 Å². The van der Waals surface area contributed by atoms with Gasteiger partial charge in [-0.1, -0.05) is 42.6 Å². The Kier molecular flexibility index (Phi) is 5.57. The molecule has 0 aromatic heterocycles. The lowest BCUT2D eigenvalue weighted by molar-refractivity contribution is -0.147. The van der Waals surface area contributed by atoms with E-state index >= 15 is 0 Å². The Labute approximate surface area is 195 Å². The van der Waals surface area contributed by atoms with Gasteiger partial charge in [0.2, 0.25) is 0 Å².